The molecule has 0 radical (unpaired) electrons. The standard InChI is InChI=1S/C14H11BrO4S2/c1-21(18,19)13-5-3-2-4-12(13)20-9-6-7-11(15)10(8-9)14(16)17/h2-8H,1H3,(H,16,17). The number of carboxylic acids is 1. The molecule has 2 aromatic rings. The van der Waals surface area contributed by atoms with E-state index in [9.17, 15) is 13.2 Å². The number of sulfone groups is 1. The Morgan fingerprint density at radius 3 is 2.48 bits per heavy atom. The van der Waals surface area contributed by atoms with Crippen LogP contribution in [0.15, 0.2) is 61.6 Å². The Kier molecular flexibility index (Phi) is 4.75. The Hall–Kier alpha value is -1.31. The highest BCUT2D eigenvalue weighted by Crippen LogP contribution is 2.34. The topological polar surface area (TPSA) is 71.4 Å². The maximum absolute atomic E-state index is 11.8. The molecule has 0 fully saturated rings. The van der Waals surface area contributed by atoms with Crippen molar-refractivity contribution in [1.82, 2.24) is 0 Å². The van der Waals surface area contributed by atoms with E-state index >= 15 is 0 Å². The van der Waals surface area contributed by atoms with Gasteiger partial charge in [-0.25, -0.2) is 13.2 Å². The maximum atomic E-state index is 11.8. The first-order valence-corrected chi connectivity index (χ1v) is 9.29. The molecule has 4 nitrogen and oxygen atoms in total. The second kappa shape index (κ2) is 6.21. The lowest BCUT2D eigenvalue weighted by atomic mass is 10.2. The first-order chi connectivity index (χ1) is 9.79. The van der Waals surface area contributed by atoms with Crippen molar-refractivity contribution >= 4 is 43.5 Å². The van der Waals surface area contributed by atoms with Crippen molar-refractivity contribution in [2.24, 2.45) is 0 Å². The molecule has 110 valence electrons. The van der Waals surface area contributed by atoms with Crippen molar-refractivity contribution in [3.8, 4) is 0 Å². The normalized spacial score (nSPS) is 11.3. The molecule has 2 aromatic carbocycles. The van der Waals surface area contributed by atoms with E-state index in [0.717, 1.165) is 6.26 Å². The van der Waals surface area contributed by atoms with Crippen LogP contribution in [0.3, 0.4) is 0 Å². The van der Waals surface area contributed by atoms with Crippen LogP contribution in [0.5, 0.6) is 0 Å². The van der Waals surface area contributed by atoms with Crippen molar-refractivity contribution in [2.75, 3.05) is 6.26 Å². The molecule has 1 N–H and O–H groups in total. The lowest BCUT2D eigenvalue weighted by molar-refractivity contribution is 0.0695. The number of aromatic carboxylic acids is 1. The molecule has 0 aliphatic carbocycles. The Morgan fingerprint density at radius 2 is 1.86 bits per heavy atom. The zero-order chi connectivity index (χ0) is 15.6. The van der Waals surface area contributed by atoms with Gasteiger partial charge in [-0.3, -0.25) is 0 Å². The molecule has 0 atom stereocenters. The third kappa shape index (κ3) is 3.87. The zero-order valence-corrected chi connectivity index (χ0v) is 14.1. The van der Waals surface area contributed by atoms with Gasteiger partial charge in [0.1, 0.15) is 0 Å². The van der Waals surface area contributed by atoms with E-state index in [1.54, 1.807) is 30.3 Å². The molecule has 7 heteroatoms. The van der Waals surface area contributed by atoms with Gasteiger partial charge in [-0.05, 0) is 46.3 Å². The maximum Gasteiger partial charge on any atom is 0.336 e. The predicted molar refractivity (Wildman–Crippen MR) is 84.8 cm³/mol. The Morgan fingerprint density at radius 1 is 1.19 bits per heavy atom. The fraction of sp³-hybridized carbons (Fsp3) is 0.0714. The van der Waals surface area contributed by atoms with Crippen LogP contribution in [0, 0.1) is 0 Å². The average Bonchev–Trinajstić information content (AvgIpc) is 2.40. The Bertz CT molecular complexity index is 800. The molecule has 0 bridgehead atoms. The van der Waals surface area contributed by atoms with Gasteiger partial charge in [-0.1, -0.05) is 23.9 Å². The van der Waals surface area contributed by atoms with E-state index in [4.69, 9.17) is 5.11 Å². The van der Waals surface area contributed by atoms with Gasteiger partial charge in [0.05, 0.1) is 10.5 Å². The van der Waals surface area contributed by atoms with E-state index in [1.807, 2.05) is 0 Å². The fourth-order valence-electron chi connectivity index (χ4n) is 1.70. The van der Waals surface area contributed by atoms with Gasteiger partial charge in [-0.2, -0.15) is 0 Å². The molecular weight excluding hydrogens is 376 g/mol. The molecule has 0 saturated heterocycles. The summed E-state index contributed by atoms with van der Waals surface area (Å²) in [5, 5.41) is 9.10. The molecule has 0 aromatic heterocycles. The first kappa shape index (κ1) is 16.1. The highest BCUT2D eigenvalue weighted by molar-refractivity contribution is 9.10. The second-order valence-electron chi connectivity index (χ2n) is 4.27. The van der Waals surface area contributed by atoms with Gasteiger partial charge < -0.3 is 5.11 Å². The highest BCUT2D eigenvalue weighted by atomic mass is 79.9. The summed E-state index contributed by atoms with van der Waals surface area (Å²) in [4.78, 5) is 12.6. The van der Waals surface area contributed by atoms with Gasteiger partial charge in [0.25, 0.3) is 0 Å². The molecule has 2 rings (SSSR count). The van der Waals surface area contributed by atoms with E-state index in [0.29, 0.717) is 14.3 Å². The van der Waals surface area contributed by atoms with Crippen molar-refractivity contribution in [3.05, 3.63) is 52.5 Å². The van der Waals surface area contributed by atoms with Crippen molar-refractivity contribution in [3.63, 3.8) is 0 Å². The minimum absolute atomic E-state index is 0.136. The summed E-state index contributed by atoms with van der Waals surface area (Å²) in [5.74, 6) is -1.04. The van der Waals surface area contributed by atoms with Crippen molar-refractivity contribution in [2.45, 2.75) is 14.7 Å². The Balaban J connectivity index is 2.45. The number of benzene rings is 2. The van der Waals surface area contributed by atoms with E-state index in [-0.39, 0.29) is 10.5 Å². The molecular formula is C14H11BrO4S2. The lowest BCUT2D eigenvalue weighted by Crippen LogP contribution is -1.99. The molecule has 0 amide bonds. The van der Waals surface area contributed by atoms with Gasteiger partial charge in [0.2, 0.25) is 0 Å². The van der Waals surface area contributed by atoms with Crippen LogP contribution < -0.4 is 0 Å². The number of hydrogen-bond donors (Lipinski definition) is 1. The van der Waals surface area contributed by atoms with Crippen LogP contribution in [0.25, 0.3) is 0 Å². The van der Waals surface area contributed by atoms with Crippen LogP contribution >= 0.6 is 27.7 Å². The van der Waals surface area contributed by atoms with Crippen LogP contribution in [-0.2, 0) is 9.84 Å². The third-order valence-corrected chi connectivity index (χ3v) is 5.69. The van der Waals surface area contributed by atoms with Crippen molar-refractivity contribution < 1.29 is 18.3 Å². The van der Waals surface area contributed by atoms with Crippen LogP contribution in [0.4, 0.5) is 0 Å². The minimum atomic E-state index is -3.33. The summed E-state index contributed by atoms with van der Waals surface area (Å²) < 4.78 is 24.0. The average molecular weight is 387 g/mol. The van der Waals surface area contributed by atoms with Crippen LogP contribution in [-0.4, -0.2) is 25.7 Å². The predicted octanol–water partition coefficient (Wildman–Crippen LogP) is 3.70. The molecule has 0 spiro atoms. The number of rotatable bonds is 4. The summed E-state index contributed by atoms with van der Waals surface area (Å²) in [6.45, 7) is 0. The van der Waals surface area contributed by atoms with Gasteiger partial charge in [-0.15, -0.1) is 0 Å². The molecule has 0 heterocycles. The zero-order valence-electron chi connectivity index (χ0n) is 10.9. The lowest BCUT2D eigenvalue weighted by Gasteiger charge is -2.08. The quantitative estimate of drug-likeness (QED) is 0.866. The largest absolute Gasteiger partial charge is 0.478 e. The summed E-state index contributed by atoms with van der Waals surface area (Å²) in [7, 11) is -3.33. The monoisotopic (exact) mass is 386 g/mol. The third-order valence-electron chi connectivity index (χ3n) is 2.64. The number of hydrogen-bond acceptors (Lipinski definition) is 4. The van der Waals surface area contributed by atoms with E-state index in [2.05, 4.69) is 15.9 Å². The SMILES string of the molecule is CS(=O)(=O)c1ccccc1Sc1ccc(Br)c(C(=O)O)c1. The highest BCUT2D eigenvalue weighted by Gasteiger charge is 2.15. The smallest absolute Gasteiger partial charge is 0.336 e. The minimum Gasteiger partial charge on any atom is -0.478 e. The second-order valence-corrected chi connectivity index (χ2v) is 8.22. The molecule has 0 saturated carbocycles. The van der Waals surface area contributed by atoms with Gasteiger partial charge in [0.15, 0.2) is 9.84 Å². The fourth-order valence-corrected chi connectivity index (χ4v) is 4.34. The number of carboxylic acid groups (broad SMARTS) is 1. The van der Waals surface area contributed by atoms with E-state index < -0.39 is 15.8 Å². The molecule has 0 aliphatic rings. The molecule has 0 unspecified atom stereocenters. The Labute approximate surface area is 135 Å². The summed E-state index contributed by atoms with van der Waals surface area (Å²) in [5.41, 5.74) is 0.136. The van der Waals surface area contributed by atoms with Crippen LogP contribution in [0.2, 0.25) is 0 Å². The molecule has 0 aliphatic heterocycles. The molecule has 21 heavy (non-hydrogen) atoms. The first-order valence-electron chi connectivity index (χ1n) is 5.79. The summed E-state index contributed by atoms with van der Waals surface area (Å²) in [6, 6.07) is 11.5. The summed E-state index contributed by atoms with van der Waals surface area (Å²) >= 11 is 4.39. The number of halogens is 1. The van der Waals surface area contributed by atoms with Gasteiger partial charge >= 0.3 is 5.97 Å². The summed E-state index contributed by atoms with van der Waals surface area (Å²) in [6.07, 6.45) is 1.15. The number of carbonyl (C=O) groups is 1. The van der Waals surface area contributed by atoms with Crippen LogP contribution in [0.1, 0.15) is 10.4 Å². The van der Waals surface area contributed by atoms with Gasteiger partial charge in [0, 0.05) is 20.5 Å². The van der Waals surface area contributed by atoms with E-state index in [1.165, 1.54) is 23.9 Å². The van der Waals surface area contributed by atoms with Crippen molar-refractivity contribution in [1.29, 1.82) is 0 Å².